The minimum atomic E-state index is -0.148. The van der Waals surface area contributed by atoms with Gasteiger partial charge < -0.3 is 10.1 Å². The molecule has 2 aromatic rings. The standard InChI is InChI=1S/C21H23N3O2/c1-14-2-5-19(24(22)21(25)17-7-9-26-13-17)11-20(14)16-4-3-15-6-8-23-12-18(15)10-16/h2-6,10-12,17,23H,7-9,13,22H2,1H3. The molecule has 1 unspecified atom stereocenters. The molecule has 2 aliphatic rings. The average molecular weight is 349 g/mol. The molecular formula is C21H23N3O2. The molecule has 0 spiro atoms. The highest BCUT2D eigenvalue weighted by Gasteiger charge is 2.27. The SMILES string of the molecule is Cc1ccc(N(N)C(=O)C2CCOC2)cc1-c1ccc2c(c1)=CNCC=2. The Kier molecular flexibility index (Phi) is 4.49. The van der Waals surface area contributed by atoms with Crippen molar-refractivity contribution >= 4 is 23.9 Å². The predicted molar refractivity (Wildman–Crippen MR) is 103 cm³/mol. The maximum atomic E-state index is 12.6. The van der Waals surface area contributed by atoms with Crippen molar-refractivity contribution in [2.24, 2.45) is 11.8 Å². The zero-order chi connectivity index (χ0) is 18.1. The summed E-state index contributed by atoms with van der Waals surface area (Å²) < 4.78 is 5.31. The van der Waals surface area contributed by atoms with Gasteiger partial charge in [-0.3, -0.25) is 4.79 Å². The largest absolute Gasteiger partial charge is 0.387 e. The summed E-state index contributed by atoms with van der Waals surface area (Å²) in [6.07, 6.45) is 4.94. The number of nitrogens with two attached hydrogens (primary N) is 1. The first-order valence-electron chi connectivity index (χ1n) is 8.95. The van der Waals surface area contributed by atoms with Crippen LogP contribution in [0.5, 0.6) is 0 Å². The molecule has 1 atom stereocenters. The summed E-state index contributed by atoms with van der Waals surface area (Å²) in [6, 6.07) is 12.3. The topological polar surface area (TPSA) is 67.6 Å². The number of hydrazine groups is 1. The van der Waals surface area contributed by atoms with Crippen molar-refractivity contribution in [2.45, 2.75) is 13.3 Å². The van der Waals surface area contributed by atoms with E-state index < -0.39 is 0 Å². The van der Waals surface area contributed by atoms with E-state index in [-0.39, 0.29) is 11.8 Å². The van der Waals surface area contributed by atoms with E-state index in [0.29, 0.717) is 18.9 Å². The van der Waals surface area contributed by atoms with Crippen molar-refractivity contribution in [3.8, 4) is 11.1 Å². The van der Waals surface area contributed by atoms with E-state index in [4.69, 9.17) is 10.6 Å². The summed E-state index contributed by atoms with van der Waals surface area (Å²) in [5.74, 6) is 5.90. The third-order valence-corrected chi connectivity index (χ3v) is 5.11. The molecule has 1 saturated heterocycles. The number of aryl methyl sites for hydroxylation is 1. The van der Waals surface area contributed by atoms with Crippen LogP contribution in [-0.2, 0) is 9.53 Å². The van der Waals surface area contributed by atoms with Crippen molar-refractivity contribution < 1.29 is 9.53 Å². The van der Waals surface area contributed by atoms with E-state index in [1.54, 1.807) is 0 Å². The van der Waals surface area contributed by atoms with Gasteiger partial charge >= 0.3 is 0 Å². The molecule has 2 aliphatic heterocycles. The first-order valence-corrected chi connectivity index (χ1v) is 8.95. The first kappa shape index (κ1) is 16.8. The van der Waals surface area contributed by atoms with Crippen molar-refractivity contribution in [3.63, 3.8) is 0 Å². The van der Waals surface area contributed by atoms with Gasteiger partial charge in [-0.15, -0.1) is 0 Å². The summed E-state index contributed by atoms with van der Waals surface area (Å²) in [7, 11) is 0. The van der Waals surface area contributed by atoms with E-state index in [1.807, 2.05) is 24.4 Å². The number of hydrogen-bond acceptors (Lipinski definition) is 4. The Labute approximate surface area is 152 Å². The Morgan fingerprint density at radius 2 is 2.12 bits per heavy atom. The monoisotopic (exact) mass is 349 g/mol. The first-order chi connectivity index (χ1) is 12.6. The van der Waals surface area contributed by atoms with Gasteiger partial charge in [-0.05, 0) is 58.7 Å². The number of rotatable bonds is 3. The van der Waals surface area contributed by atoms with Crippen LogP contribution in [0.3, 0.4) is 0 Å². The van der Waals surface area contributed by atoms with Crippen LogP contribution in [-0.4, -0.2) is 25.7 Å². The minimum Gasteiger partial charge on any atom is -0.387 e. The van der Waals surface area contributed by atoms with Gasteiger partial charge in [-0.2, -0.15) is 0 Å². The third-order valence-electron chi connectivity index (χ3n) is 5.11. The van der Waals surface area contributed by atoms with Gasteiger partial charge in [0.05, 0.1) is 18.2 Å². The fourth-order valence-corrected chi connectivity index (χ4v) is 3.52. The highest BCUT2D eigenvalue weighted by Crippen LogP contribution is 2.28. The summed E-state index contributed by atoms with van der Waals surface area (Å²) in [5.41, 5.74) is 4.04. The molecule has 0 saturated carbocycles. The maximum absolute atomic E-state index is 12.6. The number of ether oxygens (including phenoxy) is 1. The van der Waals surface area contributed by atoms with Crippen LogP contribution >= 0.6 is 0 Å². The number of hydrogen-bond donors (Lipinski definition) is 2. The van der Waals surface area contributed by atoms with Gasteiger partial charge in [0.25, 0.3) is 0 Å². The van der Waals surface area contributed by atoms with Crippen LogP contribution in [0.25, 0.3) is 23.4 Å². The molecule has 0 radical (unpaired) electrons. The van der Waals surface area contributed by atoms with Crippen LogP contribution in [0, 0.1) is 12.8 Å². The van der Waals surface area contributed by atoms with Gasteiger partial charge in [0.1, 0.15) is 0 Å². The third kappa shape index (κ3) is 3.11. The van der Waals surface area contributed by atoms with Crippen LogP contribution in [0.1, 0.15) is 12.0 Å². The molecular weight excluding hydrogens is 326 g/mol. The molecule has 0 aliphatic carbocycles. The normalized spacial score (nSPS) is 18.3. The summed E-state index contributed by atoms with van der Waals surface area (Å²) in [5, 5.41) is 6.91. The van der Waals surface area contributed by atoms with Crippen molar-refractivity contribution in [1.29, 1.82) is 0 Å². The highest BCUT2D eigenvalue weighted by molar-refractivity contribution is 5.95. The van der Waals surface area contributed by atoms with Crippen molar-refractivity contribution in [1.82, 2.24) is 5.32 Å². The lowest BCUT2D eigenvalue weighted by molar-refractivity contribution is -0.122. The number of benzene rings is 2. The molecule has 0 aromatic heterocycles. The van der Waals surface area contributed by atoms with E-state index in [0.717, 1.165) is 29.7 Å². The molecule has 2 heterocycles. The number of amides is 1. The maximum Gasteiger partial charge on any atom is 0.246 e. The van der Waals surface area contributed by atoms with E-state index in [9.17, 15) is 4.79 Å². The molecule has 3 N–H and O–H groups in total. The van der Waals surface area contributed by atoms with Gasteiger partial charge in [0.2, 0.25) is 5.91 Å². The second-order valence-electron chi connectivity index (χ2n) is 6.87. The number of nitrogens with one attached hydrogen (secondary N) is 1. The van der Waals surface area contributed by atoms with E-state index >= 15 is 0 Å². The highest BCUT2D eigenvalue weighted by atomic mass is 16.5. The van der Waals surface area contributed by atoms with Crippen LogP contribution in [0.15, 0.2) is 36.4 Å². The van der Waals surface area contributed by atoms with Crippen LogP contribution < -0.4 is 26.6 Å². The summed E-state index contributed by atoms with van der Waals surface area (Å²) >= 11 is 0. The number of nitrogens with zero attached hydrogens (tertiary/aromatic N) is 1. The Morgan fingerprint density at radius 1 is 1.23 bits per heavy atom. The summed E-state index contributed by atoms with van der Waals surface area (Å²) in [4.78, 5) is 12.6. The predicted octanol–water partition coefficient (Wildman–Crippen LogP) is 1.03. The van der Waals surface area contributed by atoms with Crippen LogP contribution in [0.4, 0.5) is 5.69 Å². The Bertz CT molecular complexity index is 962. The van der Waals surface area contributed by atoms with E-state index in [2.05, 4.69) is 36.5 Å². The number of carbonyl (C=O) groups is 1. The average Bonchev–Trinajstić information content (AvgIpc) is 3.21. The molecule has 5 nitrogen and oxygen atoms in total. The number of anilines is 1. The smallest absolute Gasteiger partial charge is 0.246 e. The zero-order valence-electron chi connectivity index (χ0n) is 14.9. The van der Waals surface area contributed by atoms with E-state index in [1.165, 1.54) is 15.4 Å². The number of fused-ring (bicyclic) bond motifs is 1. The lowest BCUT2D eigenvalue weighted by atomic mass is 9.98. The second kappa shape index (κ2) is 6.94. The fraction of sp³-hybridized carbons (Fsp3) is 0.286. The molecule has 1 fully saturated rings. The van der Waals surface area contributed by atoms with Crippen LogP contribution in [0.2, 0.25) is 0 Å². The Balaban J connectivity index is 1.70. The van der Waals surface area contributed by atoms with Crippen molar-refractivity contribution in [2.75, 3.05) is 24.8 Å². The molecule has 4 rings (SSSR count). The molecule has 2 aromatic carbocycles. The Hall–Kier alpha value is -2.63. The number of carbonyl (C=O) groups excluding carboxylic acids is 1. The van der Waals surface area contributed by atoms with Gasteiger partial charge in [-0.1, -0.05) is 24.3 Å². The molecule has 134 valence electrons. The second-order valence-corrected chi connectivity index (χ2v) is 6.87. The zero-order valence-corrected chi connectivity index (χ0v) is 14.9. The van der Waals surface area contributed by atoms with Gasteiger partial charge in [0, 0.05) is 19.4 Å². The lowest BCUT2D eigenvalue weighted by Gasteiger charge is -2.21. The quantitative estimate of drug-likeness (QED) is 0.493. The van der Waals surface area contributed by atoms with Crippen molar-refractivity contribution in [3.05, 3.63) is 52.4 Å². The molecule has 0 bridgehead atoms. The lowest BCUT2D eigenvalue weighted by Crippen LogP contribution is -2.42. The van der Waals surface area contributed by atoms with Gasteiger partial charge in [-0.25, -0.2) is 10.9 Å². The molecule has 26 heavy (non-hydrogen) atoms. The van der Waals surface area contributed by atoms with Gasteiger partial charge in [0.15, 0.2) is 0 Å². The Morgan fingerprint density at radius 3 is 2.92 bits per heavy atom. The minimum absolute atomic E-state index is 0.0881. The summed E-state index contributed by atoms with van der Waals surface area (Å²) in [6.45, 7) is 4.01. The molecule has 1 amide bonds. The molecule has 5 heteroatoms. The fourth-order valence-electron chi connectivity index (χ4n) is 3.52.